The molecule has 1 aliphatic heterocycles. The van der Waals surface area contributed by atoms with Gasteiger partial charge in [0.25, 0.3) is 0 Å². The van der Waals surface area contributed by atoms with Crippen LogP contribution in [-0.4, -0.2) is 22.8 Å². The molecule has 0 aromatic heterocycles. The molecule has 1 aliphatic carbocycles. The van der Waals surface area contributed by atoms with Crippen molar-refractivity contribution in [3.8, 4) is 0 Å². The molecule has 0 aromatic rings. The molecule has 0 spiro atoms. The highest BCUT2D eigenvalue weighted by molar-refractivity contribution is 5.84. The fourth-order valence-corrected chi connectivity index (χ4v) is 1.58. The monoisotopic (exact) mass is 142 g/mol. The van der Waals surface area contributed by atoms with Crippen LogP contribution in [-0.2, 0) is 4.79 Å². The van der Waals surface area contributed by atoms with Crippen LogP contribution in [0.1, 0.15) is 12.8 Å². The van der Waals surface area contributed by atoms with E-state index < -0.39 is 6.23 Å². The van der Waals surface area contributed by atoms with E-state index in [9.17, 15) is 4.79 Å². The summed E-state index contributed by atoms with van der Waals surface area (Å²) in [5.74, 6) is -0.128. The maximum Gasteiger partial charge on any atom is 0.227 e. The standard InChI is InChI=1S/C6H10N2O2/c7-6-1-3(6)5(10)8-4(9)2-6/h3-4,9H,1-2,7H2,(H,8,10)/t3?,4-,6?/m0/s1. The van der Waals surface area contributed by atoms with E-state index in [0.717, 1.165) is 6.42 Å². The first kappa shape index (κ1) is 6.12. The van der Waals surface area contributed by atoms with Gasteiger partial charge in [0.2, 0.25) is 5.91 Å². The lowest BCUT2D eigenvalue weighted by atomic mass is 10.1. The second-order valence-electron chi connectivity index (χ2n) is 3.22. The van der Waals surface area contributed by atoms with Crippen molar-refractivity contribution in [2.45, 2.75) is 24.6 Å². The minimum atomic E-state index is -0.726. The maximum absolute atomic E-state index is 10.9. The fraction of sp³-hybridized carbons (Fsp3) is 0.833. The quantitative estimate of drug-likeness (QED) is 0.387. The number of aliphatic hydroxyl groups is 1. The molecule has 10 heavy (non-hydrogen) atoms. The fourth-order valence-electron chi connectivity index (χ4n) is 1.58. The van der Waals surface area contributed by atoms with E-state index in [1.165, 1.54) is 0 Å². The Bertz CT molecular complexity index is 194. The van der Waals surface area contributed by atoms with Crippen LogP contribution in [0.15, 0.2) is 0 Å². The summed E-state index contributed by atoms with van der Waals surface area (Å²) >= 11 is 0. The number of hydrogen-bond donors (Lipinski definition) is 3. The third kappa shape index (κ3) is 0.660. The Morgan fingerprint density at radius 1 is 1.70 bits per heavy atom. The summed E-state index contributed by atoms with van der Waals surface area (Å²) in [7, 11) is 0. The summed E-state index contributed by atoms with van der Waals surface area (Å²) in [5.41, 5.74) is 5.34. The average molecular weight is 142 g/mol. The zero-order valence-corrected chi connectivity index (χ0v) is 5.50. The second kappa shape index (κ2) is 1.52. The van der Waals surface area contributed by atoms with Crippen LogP contribution in [0.2, 0.25) is 0 Å². The van der Waals surface area contributed by atoms with Crippen LogP contribution in [0.25, 0.3) is 0 Å². The molecule has 1 amide bonds. The molecule has 4 N–H and O–H groups in total. The lowest BCUT2D eigenvalue weighted by Crippen LogP contribution is -2.48. The van der Waals surface area contributed by atoms with Gasteiger partial charge in [0.1, 0.15) is 6.23 Å². The van der Waals surface area contributed by atoms with Gasteiger partial charge in [-0.3, -0.25) is 4.79 Å². The number of rotatable bonds is 0. The Labute approximate surface area is 58.4 Å². The van der Waals surface area contributed by atoms with Crippen LogP contribution in [0.5, 0.6) is 0 Å². The zero-order valence-electron chi connectivity index (χ0n) is 5.50. The van der Waals surface area contributed by atoms with Crippen molar-refractivity contribution in [3.05, 3.63) is 0 Å². The Balaban J connectivity index is 2.15. The Kier molecular flexibility index (Phi) is 0.928. The zero-order chi connectivity index (χ0) is 7.35. The lowest BCUT2D eigenvalue weighted by Gasteiger charge is -2.22. The molecular weight excluding hydrogens is 132 g/mol. The molecule has 56 valence electrons. The number of nitrogens with two attached hydrogens (primary N) is 1. The molecule has 0 radical (unpaired) electrons. The molecule has 2 rings (SSSR count). The highest BCUT2D eigenvalue weighted by atomic mass is 16.3. The number of fused-ring (bicyclic) bond motifs is 1. The van der Waals surface area contributed by atoms with Crippen molar-refractivity contribution in [2.75, 3.05) is 0 Å². The van der Waals surface area contributed by atoms with Gasteiger partial charge in [0.05, 0.1) is 5.92 Å². The van der Waals surface area contributed by atoms with E-state index >= 15 is 0 Å². The minimum absolute atomic E-state index is 0.0316. The maximum atomic E-state index is 10.9. The third-order valence-electron chi connectivity index (χ3n) is 2.32. The number of amides is 1. The molecule has 0 aromatic carbocycles. The minimum Gasteiger partial charge on any atom is -0.374 e. The van der Waals surface area contributed by atoms with Crippen LogP contribution >= 0.6 is 0 Å². The van der Waals surface area contributed by atoms with Gasteiger partial charge in [0.15, 0.2) is 0 Å². The van der Waals surface area contributed by atoms with Crippen molar-refractivity contribution in [2.24, 2.45) is 11.7 Å². The van der Waals surface area contributed by atoms with Gasteiger partial charge in [-0.15, -0.1) is 0 Å². The van der Waals surface area contributed by atoms with E-state index in [0.29, 0.717) is 6.42 Å². The second-order valence-corrected chi connectivity index (χ2v) is 3.22. The topological polar surface area (TPSA) is 75.4 Å². The molecule has 4 nitrogen and oxygen atoms in total. The normalized spacial score (nSPS) is 51.6. The lowest BCUT2D eigenvalue weighted by molar-refractivity contribution is -0.128. The molecule has 2 fully saturated rings. The molecule has 1 heterocycles. The number of nitrogens with one attached hydrogen (secondary N) is 1. The molecule has 1 saturated carbocycles. The first-order chi connectivity index (χ1) is 4.62. The number of carbonyl (C=O) groups excluding carboxylic acids is 1. The molecular formula is C6H10N2O2. The van der Waals surface area contributed by atoms with Crippen molar-refractivity contribution < 1.29 is 9.90 Å². The number of aliphatic hydroxyl groups excluding tert-OH is 1. The number of carbonyl (C=O) groups is 1. The van der Waals surface area contributed by atoms with E-state index in [2.05, 4.69) is 5.32 Å². The summed E-state index contributed by atoms with van der Waals surface area (Å²) in [4.78, 5) is 10.9. The van der Waals surface area contributed by atoms with E-state index in [-0.39, 0.29) is 17.4 Å². The van der Waals surface area contributed by atoms with Gasteiger partial charge in [0, 0.05) is 12.0 Å². The molecule has 2 unspecified atom stereocenters. The molecule has 4 heteroatoms. The Morgan fingerprint density at radius 2 is 2.40 bits per heavy atom. The van der Waals surface area contributed by atoms with E-state index in [1.54, 1.807) is 0 Å². The molecule has 3 atom stereocenters. The van der Waals surface area contributed by atoms with E-state index in [4.69, 9.17) is 10.8 Å². The van der Waals surface area contributed by atoms with Crippen molar-refractivity contribution in [1.29, 1.82) is 0 Å². The molecule has 0 bridgehead atoms. The highest BCUT2D eigenvalue weighted by Crippen LogP contribution is 2.46. The van der Waals surface area contributed by atoms with E-state index in [1.807, 2.05) is 0 Å². The van der Waals surface area contributed by atoms with Gasteiger partial charge >= 0.3 is 0 Å². The van der Waals surface area contributed by atoms with Crippen molar-refractivity contribution >= 4 is 5.91 Å². The highest BCUT2D eigenvalue weighted by Gasteiger charge is 2.59. The van der Waals surface area contributed by atoms with Gasteiger partial charge in [-0.1, -0.05) is 0 Å². The summed E-state index contributed by atoms with van der Waals surface area (Å²) in [5, 5.41) is 11.5. The van der Waals surface area contributed by atoms with Gasteiger partial charge in [-0.25, -0.2) is 0 Å². The smallest absolute Gasteiger partial charge is 0.227 e. The summed E-state index contributed by atoms with van der Waals surface area (Å²) in [6, 6.07) is 0. The van der Waals surface area contributed by atoms with Crippen molar-refractivity contribution in [3.63, 3.8) is 0 Å². The van der Waals surface area contributed by atoms with Crippen LogP contribution < -0.4 is 11.1 Å². The van der Waals surface area contributed by atoms with Crippen LogP contribution in [0.3, 0.4) is 0 Å². The molecule has 1 saturated heterocycles. The van der Waals surface area contributed by atoms with Crippen LogP contribution in [0, 0.1) is 5.92 Å². The third-order valence-corrected chi connectivity index (χ3v) is 2.32. The summed E-state index contributed by atoms with van der Waals surface area (Å²) < 4.78 is 0. The first-order valence-electron chi connectivity index (χ1n) is 3.39. The SMILES string of the molecule is NC12CC1C(=O)N[C@@H](O)C2. The van der Waals surface area contributed by atoms with Crippen molar-refractivity contribution in [1.82, 2.24) is 5.32 Å². The van der Waals surface area contributed by atoms with Gasteiger partial charge in [-0.05, 0) is 6.42 Å². The van der Waals surface area contributed by atoms with Crippen LogP contribution in [0.4, 0.5) is 0 Å². The van der Waals surface area contributed by atoms with Gasteiger partial charge in [-0.2, -0.15) is 0 Å². The number of hydrogen-bond acceptors (Lipinski definition) is 3. The Hall–Kier alpha value is -0.610. The Morgan fingerprint density at radius 3 is 3.00 bits per heavy atom. The average Bonchev–Trinajstić information content (AvgIpc) is 2.39. The first-order valence-corrected chi connectivity index (χ1v) is 3.39. The predicted molar refractivity (Wildman–Crippen MR) is 33.8 cm³/mol. The summed E-state index contributed by atoms with van der Waals surface area (Å²) in [6.45, 7) is 0. The largest absolute Gasteiger partial charge is 0.374 e. The summed E-state index contributed by atoms with van der Waals surface area (Å²) in [6.07, 6.45) is 0.510. The van der Waals surface area contributed by atoms with Gasteiger partial charge < -0.3 is 16.2 Å². The molecule has 2 aliphatic rings. The predicted octanol–water partition coefficient (Wildman–Crippen LogP) is -1.46. The number of piperidine rings is 1.